The van der Waals surface area contributed by atoms with E-state index in [0.717, 1.165) is 23.7 Å². The number of nitriles is 3. The molecule has 2 atom stereocenters. The maximum Gasteiger partial charge on any atom is 0.162 e. The first-order chi connectivity index (χ1) is 55.8. The van der Waals surface area contributed by atoms with Gasteiger partial charge in [-0.3, -0.25) is 14.7 Å². The molecule has 24 heteroatoms. The zero-order valence-electron chi connectivity index (χ0n) is 81.4. The molecule has 0 bridgehead atoms. The Balaban J connectivity index is 0.000000193. The largest absolute Gasteiger partial charge is 0.367 e. The summed E-state index contributed by atoms with van der Waals surface area (Å²) < 4.78 is 399. The Hall–Kier alpha value is -6.81. The van der Waals surface area contributed by atoms with Crippen molar-refractivity contribution in [1.82, 2.24) is 44.6 Å². The van der Waals surface area contributed by atoms with E-state index in [1.54, 1.807) is 0 Å². The summed E-state index contributed by atoms with van der Waals surface area (Å²) in [5, 5.41) is 25.7. The van der Waals surface area contributed by atoms with Crippen molar-refractivity contribution in [1.29, 1.82) is 15.8 Å². The number of hydrogen-bond acceptors (Lipinski definition) is 18. The van der Waals surface area contributed by atoms with Crippen LogP contribution >= 0.6 is 68.8 Å². The molecular formula is C57H51Cl3F3N15S3. The molecule has 3 aliphatic heterocycles. The molecule has 0 spiro atoms. The summed E-state index contributed by atoms with van der Waals surface area (Å²) in [5.74, 6) is -6.42. The van der Waals surface area contributed by atoms with Crippen LogP contribution in [0.5, 0.6) is 0 Å². The molecule has 0 aliphatic carbocycles. The molecule has 15 nitrogen and oxygen atoms in total. The van der Waals surface area contributed by atoms with Gasteiger partial charge in [-0.25, -0.2) is 43.1 Å². The fraction of sp³-hybridized carbons (Fsp3) is 0.316. The molecule has 9 aromatic rings. The van der Waals surface area contributed by atoms with Gasteiger partial charge in [-0.15, -0.1) is 34.0 Å². The summed E-state index contributed by atoms with van der Waals surface area (Å²) in [6.07, 6.45) is -24.3. The highest BCUT2D eigenvalue weighted by atomic mass is 35.5. The van der Waals surface area contributed by atoms with Gasteiger partial charge in [-0.2, -0.15) is 15.8 Å². The maximum atomic E-state index is 14.2. The number of rotatable bonds is 12. The Morgan fingerprint density at radius 1 is 0.556 bits per heavy atom. The summed E-state index contributed by atoms with van der Waals surface area (Å²) in [6, 6.07) is -7.81. The zero-order chi connectivity index (χ0) is 93.8. The number of nitrogens with zero attached hydrogens (tertiary/aromatic N) is 12. The topological polar surface area (TPSA) is 195 Å². The van der Waals surface area contributed by atoms with Gasteiger partial charge in [0.1, 0.15) is 89.3 Å². The molecule has 12 rings (SSSR count). The van der Waals surface area contributed by atoms with E-state index in [9.17, 15) is 23.7 Å². The quantitative estimate of drug-likeness (QED) is 0.104. The molecule has 6 aromatic heterocycles. The fourth-order valence-corrected chi connectivity index (χ4v) is 9.23. The first kappa shape index (κ1) is 25.4. The molecule has 3 saturated heterocycles. The molecule has 81 heavy (non-hydrogen) atoms. The highest BCUT2D eigenvalue weighted by Gasteiger charge is 2.24. The van der Waals surface area contributed by atoms with Crippen LogP contribution in [0.3, 0.4) is 0 Å². The molecule has 0 amide bonds. The van der Waals surface area contributed by atoms with Crippen LogP contribution in [-0.4, -0.2) is 102 Å². The van der Waals surface area contributed by atoms with Crippen molar-refractivity contribution in [3.8, 4) is 18.2 Å². The van der Waals surface area contributed by atoms with Gasteiger partial charge in [0.2, 0.25) is 0 Å². The van der Waals surface area contributed by atoms with E-state index in [1.807, 2.05) is 0 Å². The van der Waals surface area contributed by atoms with E-state index < -0.39 is 242 Å². The Bertz CT molecular complexity index is 5870. The van der Waals surface area contributed by atoms with Gasteiger partial charge in [0, 0.05) is 115 Å². The first-order valence-corrected chi connectivity index (χ1v) is 25.3. The van der Waals surface area contributed by atoms with Crippen LogP contribution < -0.4 is 15.9 Å². The Morgan fingerprint density at radius 3 is 1.30 bits per heavy atom. The standard InChI is InChI=1S/3C19H17ClFN5S/c3*20-17-8-15-18(23-11-24-19(15)27-17)25-14-3-5-26(6-4-14)10-12-1-2-16(21)13(7-12)9-22/h3*1-2,7-8,11,14H,3-6,10H2,(H,23,24,25)/i2D,3D2,4D2,5D2,6D2,8D,10D2,11D,14D;2D,3D2,4D2,5D2,6D2,8D,10D,11D,14D;2D,3D2,4D2,5D2,6D2,8D,10D,14D/hD3. The first-order valence-electron chi connectivity index (χ1n) is 42.7. The summed E-state index contributed by atoms with van der Waals surface area (Å²) in [5.41, 5.74) is -4.32. The van der Waals surface area contributed by atoms with Gasteiger partial charge in [0.15, 0.2) is 4.24 Å². The van der Waals surface area contributed by atoms with Crippen molar-refractivity contribution < 1.29 is 70.9 Å². The van der Waals surface area contributed by atoms with Gasteiger partial charge >= 0.3 is 0 Å². The van der Waals surface area contributed by atoms with E-state index in [1.165, 1.54) is 18.2 Å². The highest BCUT2D eigenvalue weighted by molar-refractivity contribution is 7.23. The van der Waals surface area contributed by atoms with E-state index in [0.29, 0.717) is 53.0 Å². The van der Waals surface area contributed by atoms with E-state index in [4.69, 9.17) is 97.8 Å². The smallest absolute Gasteiger partial charge is 0.162 e. The van der Waals surface area contributed by atoms with Crippen molar-refractivity contribution in [2.75, 3.05) is 54.9 Å². The van der Waals surface area contributed by atoms with Crippen LogP contribution in [0.25, 0.3) is 30.6 Å². The second-order valence-corrected chi connectivity index (χ2v) is 19.9. The van der Waals surface area contributed by atoms with Crippen molar-refractivity contribution in [2.45, 2.75) is 75.8 Å². The minimum atomic E-state index is -4.05. The molecular weight excluding hydrogens is 1150 g/mol. The lowest BCUT2D eigenvalue weighted by molar-refractivity contribution is 0.211. The normalized spacial score (nSPS) is 32.9. The van der Waals surface area contributed by atoms with Gasteiger partial charge in [-0.1, -0.05) is 53.0 Å². The SMILES string of the molecule is [2H]c1cc(C([2H])N2C([2H])([2H])C([2H])([2H])C([2H])(N([2H])c3ncnc4sc(Cl)c([2H])c34)C([2H])([2H])C2([2H])[2H])cc(C#N)c1F.[2H]c1nc(N([2H])C2([2H])C([2H])([2H])C([2H])([2H])N(C([2H])([2H])c3cc([2H])c(F)c(C#N)c3)C([2H])([2H])C2([2H])[2H])c2c([2H])c(Cl)sc2n1.[2H]c1nc(N([2H])C2([2H])C([2H])([2H])C([2H])([2H])N(C([2H])c3cc([2H])c(F)c(C#N)c3)C([2H])([2H])C2([2H])[2H])c2c([2H])c(Cl)sc2n1. The highest BCUT2D eigenvalue weighted by Crippen LogP contribution is 2.35. The summed E-state index contributed by atoms with van der Waals surface area (Å²) in [7, 11) is 0. The number of aromatic nitrogens is 6. The van der Waals surface area contributed by atoms with Crippen molar-refractivity contribution in [2.24, 2.45) is 0 Å². The van der Waals surface area contributed by atoms with E-state index in [2.05, 4.69) is 29.9 Å². The third-order valence-corrected chi connectivity index (χ3v) is 13.1. The van der Waals surface area contributed by atoms with Gasteiger partial charge in [-0.05, 0) is 109 Å². The van der Waals surface area contributed by atoms with Gasteiger partial charge in [0.25, 0.3) is 0 Å². The fourth-order valence-electron chi connectivity index (χ4n) is 6.31. The van der Waals surface area contributed by atoms with Crippen LogP contribution in [0, 0.1) is 51.4 Å². The second kappa shape index (κ2) is 26.8. The molecule has 0 radical (unpaired) electrons. The van der Waals surface area contributed by atoms with Crippen molar-refractivity contribution >= 4 is 117 Å². The Labute approximate surface area is 551 Å². The van der Waals surface area contributed by atoms with E-state index >= 15 is 0 Å². The number of hydrogen-bond donors (Lipinski definition) is 3. The number of thiophene rings is 3. The number of anilines is 3. The Morgan fingerprint density at radius 2 is 0.901 bits per heavy atom. The maximum absolute atomic E-state index is 14.2. The van der Waals surface area contributed by atoms with Crippen molar-refractivity contribution in [3.05, 3.63) is 155 Å². The van der Waals surface area contributed by atoms with E-state index in [-0.39, 0.29) is 64.0 Å². The zero-order valence-corrected chi connectivity index (χ0v) is 44.1. The number of piperidine rings is 3. The van der Waals surface area contributed by atoms with Crippen LogP contribution in [0.4, 0.5) is 30.6 Å². The second-order valence-electron chi connectivity index (χ2n) is 15.1. The number of halogens is 6. The lowest BCUT2D eigenvalue weighted by Crippen LogP contribution is -2.38. The number of fused-ring (bicyclic) bond motifs is 3. The van der Waals surface area contributed by atoms with Crippen LogP contribution in [0.15, 0.2) is 91.6 Å². The molecule has 3 N–H and O–H groups in total. The minimum Gasteiger partial charge on any atom is -0.367 e. The Kier molecular flexibility index (Phi) is 8.41. The average molecular weight is 1250 g/mol. The van der Waals surface area contributed by atoms with Crippen LogP contribution in [-0.2, 0) is 19.5 Å². The third-order valence-electron chi connectivity index (χ3n) is 9.79. The van der Waals surface area contributed by atoms with Crippen LogP contribution in [0.1, 0.15) is 125 Å². The van der Waals surface area contributed by atoms with Gasteiger partial charge < -0.3 is 15.9 Å². The number of nitrogens with one attached hydrogen (secondary N) is 3. The summed E-state index contributed by atoms with van der Waals surface area (Å²) >= 11 is 20.1. The molecule has 3 aliphatic rings. The molecule has 0 saturated carbocycles. The summed E-state index contributed by atoms with van der Waals surface area (Å²) in [4.78, 5) is 21.3. The molecule has 9 heterocycles. The lowest BCUT2D eigenvalue weighted by atomic mass is 10.0. The molecule has 2 unspecified atom stereocenters. The van der Waals surface area contributed by atoms with Crippen molar-refractivity contribution in [3.63, 3.8) is 0 Å². The monoisotopic (exact) mass is 1250 g/mol. The predicted molar refractivity (Wildman–Crippen MR) is 316 cm³/mol. The molecule has 414 valence electrons. The average Bonchev–Trinajstić information content (AvgIpc) is 0.927. The predicted octanol–water partition coefficient (Wildman–Crippen LogP) is 13.3. The molecule has 3 aromatic carbocycles. The van der Waals surface area contributed by atoms with Gasteiger partial charge in [0.05, 0.1) is 58.2 Å². The molecule has 3 fully saturated rings. The third kappa shape index (κ3) is 14.8. The minimum absolute atomic E-state index is 0.0208. The lowest BCUT2D eigenvalue weighted by Gasteiger charge is -2.32. The number of likely N-dealkylation sites (tertiary alicyclic amines) is 3. The van der Waals surface area contributed by atoms with Crippen LogP contribution in [0.2, 0.25) is 17.2 Å². The summed E-state index contributed by atoms with van der Waals surface area (Å²) in [6.45, 7) is -31.4. The number of benzene rings is 3.